The molecule has 10 heteroatoms. The van der Waals surface area contributed by atoms with Crippen LogP contribution in [0.4, 0.5) is 0 Å². The number of likely N-dealkylation sites (tertiary alicyclic amines) is 3. The Bertz CT molecular complexity index is 1050. The second-order valence-corrected chi connectivity index (χ2v) is 16.1. The number of nitrogens with one attached hydrogen (secondary N) is 2. The molecule has 4 amide bonds. The summed E-state index contributed by atoms with van der Waals surface area (Å²) in [6, 6.07) is -1.44. The van der Waals surface area contributed by atoms with E-state index in [-0.39, 0.29) is 59.8 Å². The molecule has 0 spiro atoms. The first-order valence-corrected chi connectivity index (χ1v) is 18.4. The van der Waals surface area contributed by atoms with Gasteiger partial charge in [0.05, 0.1) is 12.1 Å². The maximum Gasteiger partial charge on any atom is 0.245 e. The highest BCUT2D eigenvalue weighted by atomic mass is 16.2. The molecule has 262 valence electrons. The Balaban J connectivity index is 1.42. The smallest absolute Gasteiger partial charge is 0.245 e. The van der Waals surface area contributed by atoms with Crippen molar-refractivity contribution in [1.82, 2.24) is 30.2 Å². The maximum absolute atomic E-state index is 14.2. The zero-order chi connectivity index (χ0) is 33.6. The predicted molar refractivity (Wildman–Crippen MR) is 182 cm³/mol. The summed E-state index contributed by atoms with van der Waals surface area (Å²) < 4.78 is 0. The lowest BCUT2D eigenvalue weighted by atomic mass is 9.84. The third-order valence-corrected chi connectivity index (χ3v) is 11.2. The van der Waals surface area contributed by atoms with Gasteiger partial charge in [-0.05, 0) is 82.8 Å². The number of piperidine rings is 1. The molecule has 5 atom stereocenters. The second kappa shape index (κ2) is 16.3. The van der Waals surface area contributed by atoms with Gasteiger partial charge in [0.15, 0.2) is 0 Å². The Kier molecular flexibility index (Phi) is 13.0. The van der Waals surface area contributed by atoms with E-state index >= 15 is 0 Å². The van der Waals surface area contributed by atoms with E-state index in [1.54, 1.807) is 0 Å². The topological polar surface area (TPSA) is 105 Å². The molecule has 4 rings (SSSR count). The van der Waals surface area contributed by atoms with Gasteiger partial charge in [-0.15, -0.1) is 0 Å². The lowest BCUT2D eigenvalue weighted by Gasteiger charge is -2.41. The van der Waals surface area contributed by atoms with Crippen molar-refractivity contribution in [3.05, 3.63) is 0 Å². The largest absolute Gasteiger partial charge is 0.352 e. The van der Waals surface area contributed by atoms with Crippen LogP contribution in [0.25, 0.3) is 0 Å². The van der Waals surface area contributed by atoms with E-state index < -0.39 is 11.5 Å². The molecule has 0 unspecified atom stereocenters. The zero-order valence-corrected chi connectivity index (χ0v) is 30.0. The van der Waals surface area contributed by atoms with Crippen molar-refractivity contribution in [3.63, 3.8) is 0 Å². The van der Waals surface area contributed by atoms with Crippen LogP contribution >= 0.6 is 0 Å². The Hall–Kier alpha value is -2.20. The van der Waals surface area contributed by atoms with Gasteiger partial charge < -0.3 is 20.4 Å². The molecule has 3 heterocycles. The SMILES string of the molecule is CC(C)[C@@H](CN1CCC[C@H]1C(=O)N1CCC[C@H]1C(=O)NC1CCCCCC1)N(C)C(=O)[C@@H](NC(=O)[C@H]1CCCCN1C)C(C)(C)C. The van der Waals surface area contributed by atoms with Gasteiger partial charge in [-0.2, -0.15) is 0 Å². The highest BCUT2D eigenvalue weighted by Gasteiger charge is 2.44. The summed E-state index contributed by atoms with van der Waals surface area (Å²) in [4.78, 5) is 63.1. The first-order valence-electron chi connectivity index (χ1n) is 18.4. The molecule has 0 aromatic heterocycles. The summed E-state index contributed by atoms with van der Waals surface area (Å²) >= 11 is 0. The minimum Gasteiger partial charge on any atom is -0.352 e. The highest BCUT2D eigenvalue weighted by Crippen LogP contribution is 2.29. The lowest BCUT2D eigenvalue weighted by molar-refractivity contribution is -0.144. The molecule has 10 nitrogen and oxygen atoms in total. The molecule has 1 saturated carbocycles. The molecule has 0 radical (unpaired) electrons. The van der Waals surface area contributed by atoms with E-state index in [4.69, 9.17) is 0 Å². The summed E-state index contributed by atoms with van der Waals surface area (Å²) in [6.07, 6.45) is 13.0. The predicted octanol–water partition coefficient (Wildman–Crippen LogP) is 3.78. The summed E-state index contributed by atoms with van der Waals surface area (Å²) in [6.45, 7) is 13.2. The van der Waals surface area contributed by atoms with E-state index in [9.17, 15) is 19.2 Å². The summed E-state index contributed by atoms with van der Waals surface area (Å²) in [5, 5.41) is 6.45. The Morgan fingerprint density at radius 2 is 1.37 bits per heavy atom. The molecule has 0 aromatic carbocycles. The molecule has 4 aliphatic rings. The third kappa shape index (κ3) is 9.03. The fourth-order valence-electron chi connectivity index (χ4n) is 8.22. The van der Waals surface area contributed by atoms with E-state index in [1.165, 1.54) is 12.8 Å². The van der Waals surface area contributed by atoms with Crippen LogP contribution in [-0.4, -0.2) is 120 Å². The second-order valence-electron chi connectivity index (χ2n) is 16.1. The minimum atomic E-state index is -0.657. The normalized spacial score (nSPS) is 26.9. The number of hydrogen-bond donors (Lipinski definition) is 2. The highest BCUT2D eigenvalue weighted by molar-refractivity contribution is 5.91. The van der Waals surface area contributed by atoms with Crippen molar-refractivity contribution in [2.24, 2.45) is 11.3 Å². The molecule has 46 heavy (non-hydrogen) atoms. The van der Waals surface area contributed by atoms with Gasteiger partial charge in [0.25, 0.3) is 0 Å². The average Bonchev–Trinajstić information content (AvgIpc) is 3.62. The van der Waals surface area contributed by atoms with Crippen molar-refractivity contribution >= 4 is 23.6 Å². The summed E-state index contributed by atoms with van der Waals surface area (Å²) in [5.41, 5.74) is -0.468. The van der Waals surface area contributed by atoms with Gasteiger partial charge in [0.2, 0.25) is 23.6 Å². The third-order valence-electron chi connectivity index (χ3n) is 11.2. The van der Waals surface area contributed by atoms with Gasteiger partial charge in [0, 0.05) is 32.2 Å². The molecule has 3 aliphatic heterocycles. The minimum absolute atomic E-state index is 0.0161. The first kappa shape index (κ1) is 36.6. The van der Waals surface area contributed by atoms with Crippen LogP contribution in [0.2, 0.25) is 0 Å². The Morgan fingerprint density at radius 3 is 2.00 bits per heavy atom. The van der Waals surface area contributed by atoms with Crippen LogP contribution in [0.3, 0.4) is 0 Å². The van der Waals surface area contributed by atoms with Crippen molar-refractivity contribution in [3.8, 4) is 0 Å². The van der Waals surface area contributed by atoms with Gasteiger partial charge in [-0.25, -0.2) is 0 Å². The number of rotatable bonds is 10. The van der Waals surface area contributed by atoms with E-state index in [2.05, 4.69) is 34.3 Å². The first-order chi connectivity index (χ1) is 21.8. The van der Waals surface area contributed by atoms with Crippen LogP contribution in [0.1, 0.15) is 118 Å². The van der Waals surface area contributed by atoms with Gasteiger partial charge >= 0.3 is 0 Å². The summed E-state index contributed by atoms with van der Waals surface area (Å²) in [5.74, 6) is 0.0654. The van der Waals surface area contributed by atoms with Gasteiger partial charge in [-0.3, -0.25) is 29.0 Å². The molecular weight excluding hydrogens is 580 g/mol. The molecule has 0 aromatic rings. The molecule has 3 saturated heterocycles. The fourth-order valence-corrected chi connectivity index (χ4v) is 8.22. The average molecular weight is 645 g/mol. The number of nitrogens with zero attached hydrogens (tertiary/aromatic N) is 4. The maximum atomic E-state index is 14.2. The number of likely N-dealkylation sites (N-methyl/N-ethyl adjacent to an activating group) is 2. The van der Waals surface area contributed by atoms with Crippen LogP contribution in [0, 0.1) is 11.3 Å². The molecule has 0 bridgehead atoms. The van der Waals surface area contributed by atoms with Crippen molar-refractivity contribution in [1.29, 1.82) is 0 Å². The lowest BCUT2D eigenvalue weighted by Crippen LogP contribution is -2.61. The van der Waals surface area contributed by atoms with Crippen LogP contribution < -0.4 is 10.6 Å². The molecule has 1 aliphatic carbocycles. The molecular formula is C36H64N6O4. The van der Waals surface area contributed by atoms with Crippen molar-refractivity contribution in [2.45, 2.75) is 154 Å². The van der Waals surface area contributed by atoms with Crippen LogP contribution in [-0.2, 0) is 19.2 Å². The monoisotopic (exact) mass is 644 g/mol. The number of carbonyl (C=O) groups is 4. The van der Waals surface area contributed by atoms with Crippen molar-refractivity contribution in [2.75, 3.05) is 40.3 Å². The Morgan fingerprint density at radius 1 is 0.761 bits per heavy atom. The van der Waals surface area contributed by atoms with Gasteiger partial charge in [-0.1, -0.05) is 66.7 Å². The van der Waals surface area contributed by atoms with Crippen LogP contribution in [0.15, 0.2) is 0 Å². The van der Waals surface area contributed by atoms with Crippen LogP contribution in [0.5, 0.6) is 0 Å². The quantitative estimate of drug-likeness (QED) is 0.351. The van der Waals surface area contributed by atoms with E-state index in [0.29, 0.717) is 13.1 Å². The number of hydrogen-bond acceptors (Lipinski definition) is 6. The summed E-state index contributed by atoms with van der Waals surface area (Å²) in [7, 11) is 3.84. The van der Waals surface area contributed by atoms with Crippen molar-refractivity contribution < 1.29 is 19.2 Å². The van der Waals surface area contributed by atoms with E-state index in [1.807, 2.05) is 44.7 Å². The molecule has 4 fully saturated rings. The fraction of sp³-hybridized carbons (Fsp3) is 0.889. The zero-order valence-electron chi connectivity index (χ0n) is 30.0. The number of amides is 4. The Labute approximate surface area is 278 Å². The van der Waals surface area contributed by atoms with E-state index in [0.717, 1.165) is 83.7 Å². The number of carbonyl (C=O) groups excluding carboxylic acids is 4. The standard InChI is InChI=1S/C36H64N6O4/c1-25(2)30(40(7)35(46)31(36(3,4)5)38-32(43)27-18-12-13-21-39(27)6)24-41-22-14-20-29(41)34(45)42-23-15-19-28(42)33(44)37-26-16-10-8-9-11-17-26/h25-31H,8-24H2,1-7H3,(H,37,44)(H,38,43)/t27-,28+,29+,30-,31-/m1/s1. The molecule has 2 N–H and O–H groups in total. The van der Waals surface area contributed by atoms with Gasteiger partial charge in [0.1, 0.15) is 12.1 Å².